The van der Waals surface area contributed by atoms with Crippen LogP contribution in [-0.2, 0) is 27.2 Å². The number of imidazole rings is 2. The minimum Gasteiger partial charge on any atom is -0.406 e. The zero-order valence-electron chi connectivity index (χ0n) is 36.5. The molecule has 2 aliphatic heterocycles. The fourth-order valence-electron chi connectivity index (χ4n) is 9.01. The summed E-state index contributed by atoms with van der Waals surface area (Å²) >= 11 is 3.09. The molecule has 28 heteroatoms. The molecule has 20 nitrogen and oxygen atoms in total. The van der Waals surface area contributed by atoms with Crippen LogP contribution in [0.2, 0.25) is 0 Å². The molecule has 368 valence electrons. The highest BCUT2D eigenvalue weighted by Gasteiger charge is 2.59. The van der Waals surface area contributed by atoms with Gasteiger partial charge in [-0.1, -0.05) is 26.2 Å². The maximum absolute atomic E-state index is 12.7. The molecule has 0 bridgehead atoms. The number of nitrogens with zero attached hydrogens (tertiary/aromatic N) is 13. The van der Waals surface area contributed by atoms with Crippen LogP contribution in [0.15, 0.2) is 96.9 Å². The predicted octanol–water partition coefficient (Wildman–Crippen LogP) is 5.57. The third-order valence-corrected chi connectivity index (χ3v) is 12.9. The van der Waals surface area contributed by atoms with Crippen molar-refractivity contribution in [1.29, 1.82) is 0 Å². The van der Waals surface area contributed by atoms with Gasteiger partial charge in [0.05, 0.1) is 12.7 Å². The predicted molar refractivity (Wildman–Crippen MR) is 238 cm³/mol. The van der Waals surface area contributed by atoms with E-state index in [9.17, 15) is 35.9 Å². The Morgan fingerprint density at radius 3 is 1.50 bits per heavy atom. The summed E-state index contributed by atoms with van der Waals surface area (Å²) in [5.74, 6) is 4.19. The molecule has 4 fully saturated rings. The number of nitrogens with one attached hydrogen (secondary N) is 1. The van der Waals surface area contributed by atoms with E-state index in [4.69, 9.17) is 9.05 Å². The van der Waals surface area contributed by atoms with E-state index in [0.29, 0.717) is 74.0 Å². The van der Waals surface area contributed by atoms with Crippen molar-refractivity contribution in [2.75, 3.05) is 31.1 Å². The van der Waals surface area contributed by atoms with Crippen LogP contribution in [0.4, 0.5) is 32.0 Å². The largest absolute Gasteiger partial charge is 0.573 e. The fourth-order valence-corrected chi connectivity index (χ4v) is 9.28. The first-order valence-electron chi connectivity index (χ1n) is 21.2. The summed E-state index contributed by atoms with van der Waals surface area (Å²) in [5.41, 5.74) is 2.13. The molecule has 2 aromatic carbocycles. The molecule has 6 aromatic heterocycles. The quantitative estimate of drug-likeness (QED) is 0.175. The maximum Gasteiger partial charge on any atom is 0.573 e. The van der Waals surface area contributed by atoms with Crippen LogP contribution >= 0.6 is 28.3 Å². The van der Waals surface area contributed by atoms with E-state index in [1.165, 1.54) is 64.5 Å². The van der Waals surface area contributed by atoms with Gasteiger partial charge in [0.25, 0.3) is 11.1 Å². The lowest BCUT2D eigenvalue weighted by molar-refractivity contribution is -0.275. The van der Waals surface area contributed by atoms with Crippen molar-refractivity contribution in [2.24, 2.45) is 37.8 Å². The van der Waals surface area contributed by atoms with Crippen LogP contribution in [0.1, 0.15) is 35.3 Å². The summed E-state index contributed by atoms with van der Waals surface area (Å²) in [6.45, 7) is 3.89. The second-order valence-electron chi connectivity index (χ2n) is 16.8. The average molecular weight is 1060 g/mol. The van der Waals surface area contributed by atoms with Crippen LogP contribution in [0, 0.1) is 23.7 Å². The van der Waals surface area contributed by atoms with Crippen molar-refractivity contribution >= 4 is 56.4 Å². The van der Waals surface area contributed by atoms with Crippen molar-refractivity contribution in [3.05, 3.63) is 122 Å². The number of alkyl halides is 6. The van der Waals surface area contributed by atoms with Crippen LogP contribution in [-0.4, -0.2) is 97.4 Å². The van der Waals surface area contributed by atoms with E-state index in [1.54, 1.807) is 41.7 Å². The maximum atomic E-state index is 12.7. The Balaban J connectivity index is 0.000000145. The second kappa shape index (κ2) is 18.8. The smallest absolute Gasteiger partial charge is 0.406 e. The van der Waals surface area contributed by atoms with Gasteiger partial charge in [-0.15, -0.1) is 38.7 Å². The van der Waals surface area contributed by atoms with E-state index < -0.39 is 12.7 Å². The van der Waals surface area contributed by atoms with E-state index in [0.717, 1.165) is 37.7 Å². The summed E-state index contributed by atoms with van der Waals surface area (Å²) in [5, 5.41) is 11.6. The molecule has 12 rings (SSSR count). The van der Waals surface area contributed by atoms with Gasteiger partial charge in [0, 0.05) is 49.2 Å². The van der Waals surface area contributed by atoms with Crippen molar-refractivity contribution in [3.63, 3.8) is 0 Å². The number of hydrogen-bond donors (Lipinski definition) is 1. The number of ether oxygens (including phenoxy) is 2. The van der Waals surface area contributed by atoms with Crippen LogP contribution in [0.3, 0.4) is 0 Å². The summed E-state index contributed by atoms with van der Waals surface area (Å²) < 4.78 is 97.0. The highest BCUT2D eigenvalue weighted by atomic mass is 79.9. The lowest BCUT2D eigenvalue weighted by atomic mass is 10.2. The highest BCUT2D eigenvalue weighted by molar-refractivity contribution is 9.10. The van der Waals surface area contributed by atoms with Crippen molar-refractivity contribution in [1.82, 2.24) is 63.8 Å². The first-order valence-corrected chi connectivity index (χ1v) is 22.0. The minimum atomic E-state index is -4.71. The average Bonchev–Trinajstić information content (AvgIpc) is 3.86. The molecule has 6 atom stereocenters. The number of piperidine rings is 2. The number of hydrogen-bond acceptors (Lipinski definition) is 16. The number of rotatable bonds is 9. The molecule has 70 heavy (non-hydrogen) atoms. The lowest BCUT2D eigenvalue weighted by Gasteiger charge is -2.21. The van der Waals surface area contributed by atoms with Gasteiger partial charge in [0.15, 0.2) is 34.0 Å². The third-order valence-electron chi connectivity index (χ3n) is 12.3. The molecule has 8 aromatic rings. The van der Waals surface area contributed by atoms with Gasteiger partial charge >= 0.3 is 12.7 Å². The van der Waals surface area contributed by atoms with Gasteiger partial charge in [-0.3, -0.25) is 18.7 Å². The Bertz CT molecular complexity index is 3240. The molecule has 8 heterocycles. The molecule has 1 N–H and O–H groups in total. The van der Waals surface area contributed by atoms with Gasteiger partial charge in [0.2, 0.25) is 11.8 Å². The van der Waals surface area contributed by atoms with Crippen molar-refractivity contribution in [3.8, 4) is 11.5 Å². The van der Waals surface area contributed by atoms with Crippen molar-refractivity contribution in [2.45, 2.75) is 37.7 Å². The molecule has 0 radical (unpaired) electrons. The molecule has 4 aliphatic rings. The molecule has 2 saturated carbocycles. The molecule has 2 saturated heterocycles. The Hall–Kier alpha value is -6.87. The fraction of sp³-hybridized carbons (Fsp3) is 0.381. The van der Waals surface area contributed by atoms with E-state index >= 15 is 0 Å². The zero-order chi connectivity index (χ0) is 48.4. The van der Waals surface area contributed by atoms with Gasteiger partial charge in [-0.2, -0.15) is 9.97 Å². The minimum absolute atomic E-state index is 0. The van der Waals surface area contributed by atoms with Gasteiger partial charge in [-0.25, -0.2) is 19.9 Å². The van der Waals surface area contributed by atoms with E-state index in [2.05, 4.69) is 75.8 Å². The standard InChI is InChI=1S/C21H18F3N7O3.C14H15N7O2.C7H4BrF3O.ClH/c1-29-9-25-19-17(29)20(32)31(10-26-19)8-15-27-18(28-34-15)16-13-6-30(7-14(13)16)11-2-4-12(5-3-11)33-21(22,23)24;1-20-5-16-13-11(20)14(22)21(6-17-13)4-9-18-12(19-23-9)10-7-2-15-3-8(7)10;8-5-1-3-6(4-2-5)12-7(9,10)11;/h2-5,9-10,13-14,16H,6-8H2,1H3;5-8,10,15H,2-4H2,1H3;1-4H;1H/t13-,14+,16?;7-,8+,10?;;. The molecule has 0 amide bonds. The molecular formula is C42H38BrClF6N14O6. The SMILES string of the molecule is Cl.Cn1cnc2ncn(Cc3nc(C4[C@H]5CN(c6ccc(OC(F)(F)F)cc6)C[C@@H]45)no3)c(=O)c21.Cn1cnc2ncn(Cc3nc(C4[C@H]5CNC[C@@H]45)no3)c(=O)c21.FC(F)(F)Oc1ccc(Br)cc1. The van der Waals surface area contributed by atoms with Gasteiger partial charge in [-0.05, 0) is 85.3 Å². The third kappa shape index (κ3) is 10.2. The normalized spacial score (nSPS) is 21.0. The topological polar surface area (TPSA) is 217 Å². The second-order valence-corrected chi connectivity index (χ2v) is 17.7. The molecule has 0 spiro atoms. The number of aryl methyl sites for hydroxylation is 2. The van der Waals surface area contributed by atoms with Gasteiger partial charge in [0.1, 0.15) is 37.2 Å². The molecule has 2 unspecified atom stereocenters. The van der Waals surface area contributed by atoms with Crippen LogP contribution in [0.5, 0.6) is 11.5 Å². The zero-order valence-corrected chi connectivity index (χ0v) is 38.9. The number of benzene rings is 2. The van der Waals surface area contributed by atoms with Crippen LogP contribution < -0.4 is 30.8 Å². The van der Waals surface area contributed by atoms with Crippen LogP contribution in [0.25, 0.3) is 22.3 Å². The van der Waals surface area contributed by atoms with E-state index in [1.807, 2.05) is 0 Å². The monoisotopic (exact) mass is 1060 g/mol. The number of anilines is 1. The molecule has 2 aliphatic carbocycles. The summed E-state index contributed by atoms with van der Waals surface area (Å²) in [6, 6.07) is 11.3. The summed E-state index contributed by atoms with van der Waals surface area (Å²) in [6.07, 6.45) is -3.33. The number of fused-ring (bicyclic) bond motifs is 4. The number of halogens is 8. The Labute approximate surface area is 404 Å². The Morgan fingerprint density at radius 2 is 1.06 bits per heavy atom. The number of aromatic nitrogens is 12. The lowest BCUT2D eigenvalue weighted by Crippen LogP contribution is -2.24. The molecular weight excluding hydrogens is 1030 g/mol. The highest BCUT2D eigenvalue weighted by Crippen LogP contribution is 2.58. The van der Waals surface area contributed by atoms with E-state index in [-0.39, 0.29) is 54.0 Å². The Kier molecular flexibility index (Phi) is 12.9. The van der Waals surface area contributed by atoms with Gasteiger partial charge < -0.3 is 37.9 Å². The summed E-state index contributed by atoms with van der Waals surface area (Å²) in [4.78, 5) is 52.8. The summed E-state index contributed by atoms with van der Waals surface area (Å²) in [7, 11) is 3.50. The Morgan fingerprint density at radius 1 is 0.643 bits per heavy atom. The first kappa shape index (κ1) is 48.2. The first-order chi connectivity index (χ1) is 33.0. The van der Waals surface area contributed by atoms with Crippen molar-refractivity contribution < 1.29 is 44.9 Å².